The van der Waals surface area contributed by atoms with Gasteiger partial charge in [-0.1, -0.05) is 6.07 Å². The lowest BCUT2D eigenvalue weighted by Gasteiger charge is -2.26. The molecule has 1 atom stereocenters. The molecule has 0 fully saturated rings. The molecule has 1 unspecified atom stereocenters. The number of rotatable bonds is 4. The van der Waals surface area contributed by atoms with E-state index in [0.29, 0.717) is 12.5 Å². The average molecular weight is 398 g/mol. The van der Waals surface area contributed by atoms with E-state index in [1.165, 1.54) is 18.2 Å². The molecule has 0 aromatic heterocycles. The fourth-order valence-electron chi connectivity index (χ4n) is 1.84. The van der Waals surface area contributed by atoms with Gasteiger partial charge >= 0.3 is 0 Å². The molecule has 0 amide bonds. The number of guanidine groups is 1. The van der Waals surface area contributed by atoms with Crippen LogP contribution in [0.15, 0.2) is 23.2 Å². The van der Waals surface area contributed by atoms with E-state index in [0.717, 1.165) is 0 Å². The van der Waals surface area contributed by atoms with Gasteiger partial charge in [0.15, 0.2) is 5.96 Å². The largest absolute Gasteiger partial charge is 0.359 e. The molecule has 0 bridgehead atoms. The summed E-state index contributed by atoms with van der Waals surface area (Å²) in [6.45, 7) is 0.346. The summed E-state index contributed by atoms with van der Waals surface area (Å²) in [6, 6.07) is 3.47. The molecule has 0 spiro atoms. The highest BCUT2D eigenvalue weighted by Gasteiger charge is 2.22. The van der Waals surface area contributed by atoms with Crippen molar-refractivity contribution in [3.8, 4) is 0 Å². The Kier molecular flexibility index (Phi) is 8.63. The van der Waals surface area contributed by atoms with Gasteiger partial charge in [0.2, 0.25) is 0 Å². The summed E-state index contributed by atoms with van der Waals surface area (Å²) in [4.78, 5) is 5.73. The van der Waals surface area contributed by atoms with E-state index < -0.39 is 17.7 Å². The minimum absolute atomic E-state index is 0. The summed E-state index contributed by atoms with van der Waals surface area (Å²) in [5.41, 5.74) is 0.0616. The minimum Gasteiger partial charge on any atom is -0.359 e. The smallest absolute Gasteiger partial charge is 0.190 e. The molecule has 2 N–H and O–H groups in total. The van der Waals surface area contributed by atoms with E-state index in [1.54, 1.807) is 33.1 Å². The third-order valence-corrected chi connectivity index (χ3v) is 2.88. The summed E-state index contributed by atoms with van der Waals surface area (Å²) in [6.07, 6.45) is 0. The van der Waals surface area contributed by atoms with E-state index in [9.17, 15) is 8.78 Å². The Labute approximate surface area is 135 Å². The van der Waals surface area contributed by atoms with Gasteiger partial charge in [-0.2, -0.15) is 0 Å². The highest BCUT2D eigenvalue weighted by atomic mass is 127. The number of aliphatic imine (C=N–C) groups is 1. The Bertz CT molecular complexity index is 432. The normalized spacial score (nSPS) is 12.8. The molecule has 4 nitrogen and oxygen atoms in total. The summed E-state index contributed by atoms with van der Waals surface area (Å²) in [5, 5.41) is 5.88. The SMILES string of the molecule is CN=C(NC)NCC(c1c(F)cccc1F)N(C)C.I. The highest BCUT2D eigenvalue weighted by molar-refractivity contribution is 14.0. The maximum Gasteiger partial charge on any atom is 0.190 e. The summed E-state index contributed by atoms with van der Waals surface area (Å²) in [5.74, 6) is -0.511. The zero-order chi connectivity index (χ0) is 14.4. The van der Waals surface area contributed by atoms with Crippen molar-refractivity contribution in [1.29, 1.82) is 0 Å². The second-order valence-corrected chi connectivity index (χ2v) is 4.32. The van der Waals surface area contributed by atoms with Crippen LogP contribution in [0.1, 0.15) is 11.6 Å². The second kappa shape index (κ2) is 9.06. The van der Waals surface area contributed by atoms with Crippen molar-refractivity contribution in [3.05, 3.63) is 35.4 Å². The first-order valence-electron chi connectivity index (χ1n) is 6.00. The van der Waals surface area contributed by atoms with Crippen LogP contribution in [0, 0.1) is 11.6 Å². The molecular weight excluding hydrogens is 377 g/mol. The number of hydrogen-bond acceptors (Lipinski definition) is 2. The molecule has 1 aromatic carbocycles. The first-order chi connectivity index (χ1) is 9.01. The number of nitrogens with zero attached hydrogens (tertiary/aromatic N) is 2. The zero-order valence-corrected chi connectivity index (χ0v) is 14.4. The standard InChI is InChI=1S/C13H20F2N4.HI/c1-16-13(17-2)18-8-11(19(3)4)12-9(14)6-5-7-10(12)15;/h5-7,11H,8H2,1-4H3,(H2,16,17,18);1H. The monoisotopic (exact) mass is 398 g/mol. The molecule has 0 saturated carbocycles. The van der Waals surface area contributed by atoms with Gasteiger partial charge < -0.3 is 15.5 Å². The molecule has 0 aliphatic heterocycles. The van der Waals surface area contributed by atoms with Crippen molar-refractivity contribution in [3.63, 3.8) is 0 Å². The minimum atomic E-state index is -0.542. The summed E-state index contributed by atoms with van der Waals surface area (Å²) >= 11 is 0. The third kappa shape index (κ3) is 4.86. The van der Waals surface area contributed by atoms with Gasteiger partial charge in [-0.15, -0.1) is 24.0 Å². The van der Waals surface area contributed by atoms with E-state index in [1.807, 2.05) is 0 Å². The predicted molar refractivity (Wildman–Crippen MR) is 88.6 cm³/mol. The molecule has 0 radical (unpaired) electrons. The number of likely N-dealkylation sites (N-methyl/N-ethyl adjacent to an activating group) is 1. The van der Waals surface area contributed by atoms with Gasteiger partial charge in [-0.3, -0.25) is 4.99 Å². The van der Waals surface area contributed by atoms with Gasteiger partial charge in [-0.25, -0.2) is 8.78 Å². The van der Waals surface area contributed by atoms with Crippen molar-refractivity contribution in [2.75, 3.05) is 34.7 Å². The van der Waals surface area contributed by atoms with E-state index in [2.05, 4.69) is 15.6 Å². The fourth-order valence-corrected chi connectivity index (χ4v) is 1.84. The Morgan fingerprint density at radius 3 is 2.25 bits per heavy atom. The molecule has 0 heterocycles. The average Bonchev–Trinajstić information content (AvgIpc) is 2.36. The molecular formula is C13H21F2IN4. The van der Waals surface area contributed by atoms with E-state index >= 15 is 0 Å². The Morgan fingerprint density at radius 2 is 1.85 bits per heavy atom. The van der Waals surface area contributed by atoms with Crippen LogP contribution in [0.3, 0.4) is 0 Å². The molecule has 7 heteroatoms. The van der Waals surface area contributed by atoms with Crippen LogP contribution < -0.4 is 10.6 Å². The quantitative estimate of drug-likeness (QED) is 0.463. The van der Waals surface area contributed by atoms with E-state index in [-0.39, 0.29) is 29.5 Å². The van der Waals surface area contributed by atoms with Crippen LogP contribution in [0.2, 0.25) is 0 Å². The molecule has 0 aliphatic carbocycles. The lowest BCUT2D eigenvalue weighted by molar-refractivity contribution is 0.282. The Hall–Kier alpha value is -0.960. The van der Waals surface area contributed by atoms with Crippen molar-refractivity contribution in [2.45, 2.75) is 6.04 Å². The Morgan fingerprint density at radius 1 is 1.30 bits per heavy atom. The summed E-state index contributed by atoms with van der Waals surface area (Å²) < 4.78 is 27.6. The maximum atomic E-state index is 13.8. The van der Waals surface area contributed by atoms with Crippen molar-refractivity contribution in [1.82, 2.24) is 15.5 Å². The van der Waals surface area contributed by atoms with Crippen LogP contribution >= 0.6 is 24.0 Å². The molecule has 114 valence electrons. The first kappa shape index (κ1) is 19.0. The third-order valence-electron chi connectivity index (χ3n) is 2.88. The Balaban J connectivity index is 0.00000361. The van der Waals surface area contributed by atoms with Crippen molar-refractivity contribution < 1.29 is 8.78 Å². The lowest BCUT2D eigenvalue weighted by atomic mass is 10.0. The zero-order valence-electron chi connectivity index (χ0n) is 12.1. The first-order valence-corrected chi connectivity index (χ1v) is 6.00. The highest BCUT2D eigenvalue weighted by Crippen LogP contribution is 2.23. The fraction of sp³-hybridized carbons (Fsp3) is 0.462. The summed E-state index contributed by atoms with van der Waals surface area (Å²) in [7, 11) is 6.91. The van der Waals surface area contributed by atoms with Gasteiger partial charge in [0.25, 0.3) is 0 Å². The molecule has 20 heavy (non-hydrogen) atoms. The van der Waals surface area contributed by atoms with Crippen molar-refractivity contribution >= 4 is 29.9 Å². The second-order valence-electron chi connectivity index (χ2n) is 4.32. The molecule has 1 aromatic rings. The predicted octanol–water partition coefficient (Wildman–Crippen LogP) is 1.98. The van der Waals surface area contributed by atoms with Crippen LogP contribution in [0.5, 0.6) is 0 Å². The number of halogens is 3. The topological polar surface area (TPSA) is 39.7 Å². The van der Waals surface area contributed by atoms with Gasteiger partial charge in [0.05, 0.1) is 6.04 Å². The van der Waals surface area contributed by atoms with Crippen molar-refractivity contribution in [2.24, 2.45) is 4.99 Å². The molecule has 1 rings (SSSR count). The van der Waals surface area contributed by atoms with Crippen LogP contribution in [0.25, 0.3) is 0 Å². The maximum absolute atomic E-state index is 13.8. The number of nitrogens with one attached hydrogen (secondary N) is 2. The van der Waals surface area contributed by atoms with Gasteiger partial charge in [-0.05, 0) is 26.2 Å². The van der Waals surface area contributed by atoms with Crippen LogP contribution in [0.4, 0.5) is 8.78 Å². The van der Waals surface area contributed by atoms with E-state index in [4.69, 9.17) is 0 Å². The van der Waals surface area contributed by atoms with Crippen LogP contribution in [-0.4, -0.2) is 45.6 Å². The van der Waals surface area contributed by atoms with Crippen LogP contribution in [-0.2, 0) is 0 Å². The lowest BCUT2D eigenvalue weighted by Crippen LogP contribution is -2.40. The van der Waals surface area contributed by atoms with Gasteiger partial charge in [0, 0.05) is 26.2 Å². The molecule has 0 aliphatic rings. The number of hydrogen-bond donors (Lipinski definition) is 2. The van der Waals surface area contributed by atoms with Gasteiger partial charge in [0.1, 0.15) is 11.6 Å². The number of benzene rings is 1. The molecule has 0 saturated heterocycles.